The molecule has 0 fully saturated rings. The SMILES string of the molecule is CCNc1ncnc(NCCS(=O)CC)c1Br. The summed E-state index contributed by atoms with van der Waals surface area (Å²) in [5, 5.41) is 6.27. The highest BCUT2D eigenvalue weighted by atomic mass is 79.9. The minimum Gasteiger partial charge on any atom is -0.369 e. The normalized spacial score (nSPS) is 12.2. The molecule has 0 radical (unpaired) electrons. The van der Waals surface area contributed by atoms with E-state index in [1.807, 2.05) is 13.8 Å². The molecule has 2 N–H and O–H groups in total. The van der Waals surface area contributed by atoms with Crippen molar-refractivity contribution in [1.29, 1.82) is 0 Å². The summed E-state index contributed by atoms with van der Waals surface area (Å²) in [5.41, 5.74) is 0. The van der Waals surface area contributed by atoms with Gasteiger partial charge in [-0.15, -0.1) is 0 Å². The van der Waals surface area contributed by atoms with Crippen molar-refractivity contribution in [3.05, 3.63) is 10.8 Å². The number of hydrogen-bond donors (Lipinski definition) is 2. The van der Waals surface area contributed by atoms with Gasteiger partial charge in [0.2, 0.25) is 0 Å². The summed E-state index contributed by atoms with van der Waals surface area (Å²) in [6.07, 6.45) is 1.50. The van der Waals surface area contributed by atoms with E-state index in [-0.39, 0.29) is 0 Å². The number of nitrogens with zero attached hydrogens (tertiary/aromatic N) is 2. The number of rotatable bonds is 7. The van der Waals surface area contributed by atoms with Crippen LogP contribution in [0.25, 0.3) is 0 Å². The van der Waals surface area contributed by atoms with Gasteiger partial charge in [0.1, 0.15) is 22.4 Å². The Morgan fingerprint density at radius 2 is 1.94 bits per heavy atom. The van der Waals surface area contributed by atoms with E-state index in [4.69, 9.17) is 0 Å². The topological polar surface area (TPSA) is 66.9 Å². The van der Waals surface area contributed by atoms with Crippen LogP contribution in [0.3, 0.4) is 0 Å². The zero-order valence-corrected chi connectivity index (χ0v) is 12.4. The molecule has 0 saturated carbocycles. The number of anilines is 2. The van der Waals surface area contributed by atoms with E-state index in [1.165, 1.54) is 6.33 Å². The van der Waals surface area contributed by atoms with Crippen LogP contribution >= 0.6 is 15.9 Å². The number of halogens is 1. The Balaban J connectivity index is 2.59. The van der Waals surface area contributed by atoms with Crippen molar-refractivity contribution in [2.24, 2.45) is 0 Å². The van der Waals surface area contributed by atoms with Crippen molar-refractivity contribution in [3.8, 4) is 0 Å². The van der Waals surface area contributed by atoms with Crippen LogP contribution in [0.4, 0.5) is 11.6 Å². The van der Waals surface area contributed by atoms with Gasteiger partial charge in [-0.2, -0.15) is 0 Å². The second-order valence-electron chi connectivity index (χ2n) is 3.27. The highest BCUT2D eigenvalue weighted by Gasteiger charge is 2.07. The van der Waals surface area contributed by atoms with Crippen molar-refractivity contribution in [1.82, 2.24) is 9.97 Å². The van der Waals surface area contributed by atoms with Gasteiger partial charge in [-0.25, -0.2) is 9.97 Å². The zero-order chi connectivity index (χ0) is 12.7. The summed E-state index contributed by atoms with van der Waals surface area (Å²) in [5.74, 6) is 2.81. The van der Waals surface area contributed by atoms with Gasteiger partial charge in [0, 0.05) is 35.4 Å². The maximum absolute atomic E-state index is 11.3. The van der Waals surface area contributed by atoms with Gasteiger partial charge in [-0.3, -0.25) is 4.21 Å². The Morgan fingerprint density at radius 1 is 1.29 bits per heavy atom. The third kappa shape index (κ3) is 4.59. The van der Waals surface area contributed by atoms with E-state index >= 15 is 0 Å². The fourth-order valence-electron chi connectivity index (χ4n) is 1.21. The molecule has 96 valence electrons. The molecule has 0 aliphatic carbocycles. The molecule has 1 aromatic heterocycles. The molecule has 0 bridgehead atoms. The van der Waals surface area contributed by atoms with E-state index in [9.17, 15) is 4.21 Å². The lowest BCUT2D eigenvalue weighted by Crippen LogP contribution is -2.14. The first-order valence-electron chi connectivity index (χ1n) is 5.52. The molecule has 7 heteroatoms. The average molecular weight is 321 g/mol. The third-order valence-corrected chi connectivity index (χ3v) is 4.13. The summed E-state index contributed by atoms with van der Waals surface area (Å²) in [6, 6.07) is 0. The molecule has 1 rings (SSSR count). The Labute approximate surface area is 112 Å². The molecule has 17 heavy (non-hydrogen) atoms. The standard InChI is InChI=1S/C10H17BrN4OS/c1-3-12-9-8(11)10(15-7-14-9)13-5-6-17(16)4-2/h7H,3-6H2,1-2H3,(H2,12,13,14,15). The molecule has 5 nitrogen and oxygen atoms in total. The Bertz CT molecular complexity index is 389. The minimum atomic E-state index is -0.753. The fourth-order valence-corrected chi connectivity index (χ4v) is 2.31. The molecular formula is C10H17BrN4OS. The molecule has 0 spiro atoms. The molecule has 1 unspecified atom stereocenters. The van der Waals surface area contributed by atoms with E-state index < -0.39 is 10.8 Å². The Morgan fingerprint density at radius 3 is 2.53 bits per heavy atom. The van der Waals surface area contributed by atoms with E-state index in [0.717, 1.165) is 22.7 Å². The predicted octanol–water partition coefficient (Wildman–Crippen LogP) is 1.85. The molecule has 0 aromatic carbocycles. The van der Waals surface area contributed by atoms with E-state index in [1.54, 1.807) is 0 Å². The van der Waals surface area contributed by atoms with Gasteiger partial charge in [-0.1, -0.05) is 6.92 Å². The van der Waals surface area contributed by atoms with Gasteiger partial charge in [0.05, 0.1) is 0 Å². The van der Waals surface area contributed by atoms with Crippen LogP contribution in [0.2, 0.25) is 0 Å². The fraction of sp³-hybridized carbons (Fsp3) is 0.600. The van der Waals surface area contributed by atoms with Crippen LogP contribution < -0.4 is 10.6 Å². The lowest BCUT2D eigenvalue weighted by Gasteiger charge is -2.10. The molecule has 0 saturated heterocycles. The molecule has 1 aromatic rings. The zero-order valence-electron chi connectivity index (χ0n) is 9.99. The molecule has 0 amide bonds. The van der Waals surface area contributed by atoms with Crippen molar-refractivity contribution < 1.29 is 4.21 Å². The summed E-state index contributed by atoms with van der Waals surface area (Å²) in [4.78, 5) is 8.25. The van der Waals surface area contributed by atoms with Gasteiger partial charge in [0.25, 0.3) is 0 Å². The molecule has 0 aliphatic rings. The lowest BCUT2D eigenvalue weighted by molar-refractivity contribution is 0.684. The average Bonchev–Trinajstić information content (AvgIpc) is 2.33. The van der Waals surface area contributed by atoms with Gasteiger partial charge < -0.3 is 10.6 Å². The second-order valence-corrected chi connectivity index (χ2v) is 5.93. The summed E-state index contributed by atoms with van der Waals surface area (Å²) in [6.45, 7) is 5.36. The third-order valence-electron chi connectivity index (χ3n) is 2.08. The lowest BCUT2D eigenvalue weighted by atomic mass is 10.5. The maximum Gasteiger partial charge on any atom is 0.145 e. The van der Waals surface area contributed by atoms with E-state index in [0.29, 0.717) is 18.1 Å². The smallest absolute Gasteiger partial charge is 0.145 e. The van der Waals surface area contributed by atoms with Crippen LogP contribution in [0.1, 0.15) is 13.8 Å². The Kier molecular flexibility index (Phi) is 6.43. The molecule has 1 heterocycles. The van der Waals surface area contributed by atoms with Crippen molar-refractivity contribution in [2.75, 3.05) is 35.2 Å². The molecular weight excluding hydrogens is 304 g/mol. The maximum atomic E-state index is 11.3. The first kappa shape index (κ1) is 14.4. The van der Waals surface area contributed by atoms with Gasteiger partial charge in [0.15, 0.2) is 0 Å². The van der Waals surface area contributed by atoms with Crippen LogP contribution in [0, 0.1) is 0 Å². The number of nitrogens with one attached hydrogen (secondary N) is 2. The quantitative estimate of drug-likeness (QED) is 0.802. The Hall–Kier alpha value is -0.690. The van der Waals surface area contributed by atoms with E-state index in [2.05, 4.69) is 36.5 Å². The number of hydrogen-bond acceptors (Lipinski definition) is 5. The summed E-state index contributed by atoms with van der Waals surface area (Å²) in [7, 11) is -0.753. The monoisotopic (exact) mass is 320 g/mol. The van der Waals surface area contributed by atoms with Crippen molar-refractivity contribution in [2.45, 2.75) is 13.8 Å². The van der Waals surface area contributed by atoms with Crippen LogP contribution in [-0.2, 0) is 10.8 Å². The minimum absolute atomic E-state index is 0.628. The van der Waals surface area contributed by atoms with Crippen molar-refractivity contribution >= 4 is 38.4 Å². The number of aromatic nitrogens is 2. The summed E-state index contributed by atoms with van der Waals surface area (Å²) < 4.78 is 12.1. The van der Waals surface area contributed by atoms with Crippen LogP contribution in [-0.4, -0.2) is 38.8 Å². The highest BCUT2D eigenvalue weighted by Crippen LogP contribution is 2.25. The molecule has 0 aliphatic heterocycles. The second kappa shape index (κ2) is 7.60. The largest absolute Gasteiger partial charge is 0.369 e. The highest BCUT2D eigenvalue weighted by molar-refractivity contribution is 9.10. The predicted molar refractivity (Wildman–Crippen MR) is 75.9 cm³/mol. The molecule has 1 atom stereocenters. The van der Waals surface area contributed by atoms with Crippen LogP contribution in [0.5, 0.6) is 0 Å². The van der Waals surface area contributed by atoms with Gasteiger partial charge in [-0.05, 0) is 22.9 Å². The van der Waals surface area contributed by atoms with Gasteiger partial charge >= 0.3 is 0 Å². The summed E-state index contributed by atoms with van der Waals surface area (Å²) >= 11 is 3.44. The van der Waals surface area contributed by atoms with Crippen molar-refractivity contribution in [3.63, 3.8) is 0 Å². The van der Waals surface area contributed by atoms with Crippen LogP contribution in [0.15, 0.2) is 10.8 Å². The first-order valence-corrected chi connectivity index (χ1v) is 7.80. The first-order chi connectivity index (χ1) is 8.19.